The molecule has 1 heterocycles. The molecule has 0 bridgehead atoms. The monoisotopic (exact) mass is 283 g/mol. The summed E-state index contributed by atoms with van der Waals surface area (Å²) in [5.41, 5.74) is 0.933. The van der Waals surface area contributed by atoms with Gasteiger partial charge in [-0.3, -0.25) is 19.1 Å². The van der Waals surface area contributed by atoms with Crippen LogP contribution in [0.5, 0.6) is 0 Å². The average molecular weight is 283 g/mol. The molecule has 0 aromatic carbocycles. The van der Waals surface area contributed by atoms with Gasteiger partial charge in [-0.2, -0.15) is 5.10 Å². The van der Waals surface area contributed by atoms with Gasteiger partial charge in [0, 0.05) is 7.05 Å². The van der Waals surface area contributed by atoms with Crippen LogP contribution in [0, 0.1) is 6.92 Å². The van der Waals surface area contributed by atoms with E-state index in [-0.39, 0.29) is 18.8 Å². The van der Waals surface area contributed by atoms with Crippen LogP contribution in [0.2, 0.25) is 0 Å². The number of ether oxygens (including phenoxy) is 2. The summed E-state index contributed by atoms with van der Waals surface area (Å²) >= 11 is 0. The van der Waals surface area contributed by atoms with E-state index < -0.39 is 17.8 Å². The fourth-order valence-corrected chi connectivity index (χ4v) is 1.61. The molecular weight excluding hydrogens is 266 g/mol. The van der Waals surface area contributed by atoms with Gasteiger partial charge >= 0.3 is 11.9 Å². The van der Waals surface area contributed by atoms with Gasteiger partial charge < -0.3 is 14.4 Å². The molecule has 0 unspecified atom stereocenters. The largest absolute Gasteiger partial charge is 0.468 e. The molecule has 8 heteroatoms. The van der Waals surface area contributed by atoms with E-state index in [2.05, 4.69) is 14.6 Å². The third kappa shape index (κ3) is 3.81. The van der Waals surface area contributed by atoms with Gasteiger partial charge in [0.2, 0.25) is 0 Å². The summed E-state index contributed by atoms with van der Waals surface area (Å²) in [5.74, 6) is -1.74. The second-order valence-electron chi connectivity index (χ2n) is 4.11. The van der Waals surface area contributed by atoms with Gasteiger partial charge in [-0.25, -0.2) is 0 Å². The lowest BCUT2D eigenvalue weighted by Gasteiger charge is -2.19. The van der Waals surface area contributed by atoms with Crippen LogP contribution in [0.1, 0.15) is 16.2 Å². The summed E-state index contributed by atoms with van der Waals surface area (Å²) in [6, 6.07) is 1.57. The van der Waals surface area contributed by atoms with Crippen LogP contribution in [0.15, 0.2) is 6.07 Å². The second-order valence-corrected chi connectivity index (χ2v) is 4.11. The first-order valence-electron chi connectivity index (χ1n) is 5.82. The Morgan fingerprint density at radius 2 is 1.70 bits per heavy atom. The minimum absolute atomic E-state index is 0.273. The van der Waals surface area contributed by atoms with Crippen LogP contribution in [0.3, 0.4) is 0 Å². The SMILES string of the molecule is COC(=O)CN(CC(=O)OC)C(=O)c1cc(C)nn1C. The van der Waals surface area contributed by atoms with Crippen molar-refractivity contribution >= 4 is 17.8 Å². The van der Waals surface area contributed by atoms with Gasteiger partial charge in [-0.1, -0.05) is 0 Å². The fourth-order valence-electron chi connectivity index (χ4n) is 1.61. The van der Waals surface area contributed by atoms with E-state index in [1.54, 1.807) is 20.0 Å². The summed E-state index contributed by atoms with van der Waals surface area (Å²) in [6.45, 7) is 1.06. The maximum absolute atomic E-state index is 12.3. The Balaban J connectivity index is 2.96. The van der Waals surface area contributed by atoms with Crippen LogP contribution in [0.25, 0.3) is 0 Å². The quantitative estimate of drug-likeness (QED) is 0.678. The van der Waals surface area contributed by atoms with Crippen LogP contribution >= 0.6 is 0 Å². The Morgan fingerprint density at radius 3 is 2.05 bits per heavy atom. The molecule has 0 saturated carbocycles. The highest BCUT2D eigenvalue weighted by Crippen LogP contribution is 2.07. The molecule has 0 spiro atoms. The standard InChI is InChI=1S/C12H17N3O5/c1-8-5-9(14(2)13-8)12(18)15(6-10(16)19-3)7-11(17)20-4/h5H,6-7H2,1-4H3. The lowest BCUT2D eigenvalue weighted by atomic mass is 10.3. The predicted molar refractivity (Wildman–Crippen MR) is 67.9 cm³/mol. The number of nitrogens with zero attached hydrogens (tertiary/aromatic N) is 3. The van der Waals surface area contributed by atoms with E-state index in [1.165, 1.54) is 18.9 Å². The van der Waals surface area contributed by atoms with Crippen LogP contribution in [-0.2, 0) is 26.1 Å². The number of aromatic nitrogens is 2. The van der Waals surface area contributed by atoms with Crippen molar-refractivity contribution in [1.29, 1.82) is 0 Å². The summed E-state index contributed by atoms with van der Waals surface area (Å²) in [5, 5.41) is 4.05. The van der Waals surface area contributed by atoms with Crippen molar-refractivity contribution < 1.29 is 23.9 Å². The minimum atomic E-state index is -0.624. The third-order valence-electron chi connectivity index (χ3n) is 2.60. The smallest absolute Gasteiger partial charge is 0.325 e. The zero-order valence-electron chi connectivity index (χ0n) is 11.9. The summed E-state index contributed by atoms with van der Waals surface area (Å²) in [6.07, 6.45) is 0. The minimum Gasteiger partial charge on any atom is -0.468 e. The molecule has 1 rings (SSSR count). The fraction of sp³-hybridized carbons (Fsp3) is 0.500. The molecule has 20 heavy (non-hydrogen) atoms. The average Bonchev–Trinajstić information content (AvgIpc) is 2.75. The second kappa shape index (κ2) is 6.69. The molecule has 1 aromatic rings. The predicted octanol–water partition coefficient (Wildman–Crippen LogP) is -0.483. The lowest BCUT2D eigenvalue weighted by molar-refractivity contribution is -0.144. The molecule has 0 aliphatic carbocycles. The van der Waals surface area contributed by atoms with E-state index in [0.717, 1.165) is 4.90 Å². The zero-order valence-corrected chi connectivity index (χ0v) is 11.9. The van der Waals surface area contributed by atoms with Gasteiger partial charge in [0.25, 0.3) is 5.91 Å². The van der Waals surface area contributed by atoms with Crippen molar-refractivity contribution in [2.45, 2.75) is 6.92 Å². The van der Waals surface area contributed by atoms with Crippen molar-refractivity contribution in [3.8, 4) is 0 Å². The zero-order chi connectivity index (χ0) is 15.3. The highest BCUT2D eigenvalue weighted by Gasteiger charge is 2.24. The maximum Gasteiger partial charge on any atom is 0.325 e. The van der Waals surface area contributed by atoms with E-state index in [1.807, 2.05) is 0 Å². The number of amides is 1. The highest BCUT2D eigenvalue weighted by atomic mass is 16.5. The molecule has 0 radical (unpaired) electrons. The molecule has 110 valence electrons. The van der Waals surface area contributed by atoms with Crippen molar-refractivity contribution in [1.82, 2.24) is 14.7 Å². The number of rotatable bonds is 5. The van der Waals surface area contributed by atoms with Gasteiger partial charge in [0.15, 0.2) is 0 Å². The molecule has 1 aromatic heterocycles. The van der Waals surface area contributed by atoms with Crippen molar-refractivity contribution in [2.75, 3.05) is 27.3 Å². The number of hydrogen-bond donors (Lipinski definition) is 0. The lowest BCUT2D eigenvalue weighted by Crippen LogP contribution is -2.40. The molecule has 8 nitrogen and oxygen atoms in total. The summed E-state index contributed by atoms with van der Waals surface area (Å²) in [7, 11) is 4.02. The molecular formula is C12H17N3O5. The number of hydrogen-bond acceptors (Lipinski definition) is 6. The summed E-state index contributed by atoms with van der Waals surface area (Å²) < 4.78 is 10.4. The van der Waals surface area contributed by atoms with Gasteiger partial charge in [0.1, 0.15) is 18.8 Å². The number of carbonyl (C=O) groups excluding carboxylic acids is 3. The van der Waals surface area contributed by atoms with Crippen LogP contribution in [-0.4, -0.2) is 59.8 Å². The Labute approximate surface area is 116 Å². The number of aryl methyl sites for hydroxylation is 2. The van der Waals surface area contributed by atoms with Crippen molar-refractivity contribution in [3.63, 3.8) is 0 Å². The Kier molecular flexibility index (Phi) is 5.24. The Bertz CT molecular complexity index is 505. The van der Waals surface area contributed by atoms with Crippen molar-refractivity contribution in [2.24, 2.45) is 7.05 Å². The van der Waals surface area contributed by atoms with Gasteiger partial charge in [0.05, 0.1) is 19.9 Å². The Morgan fingerprint density at radius 1 is 1.20 bits per heavy atom. The topological polar surface area (TPSA) is 90.7 Å². The molecule has 0 N–H and O–H groups in total. The molecule has 0 aliphatic rings. The first-order valence-corrected chi connectivity index (χ1v) is 5.82. The Hall–Kier alpha value is -2.38. The summed E-state index contributed by atoms with van der Waals surface area (Å²) in [4.78, 5) is 36.0. The van der Waals surface area contributed by atoms with E-state index in [4.69, 9.17) is 0 Å². The first kappa shape index (κ1) is 15.7. The third-order valence-corrected chi connectivity index (χ3v) is 2.60. The van der Waals surface area contributed by atoms with E-state index >= 15 is 0 Å². The van der Waals surface area contributed by atoms with E-state index in [9.17, 15) is 14.4 Å². The van der Waals surface area contributed by atoms with Gasteiger partial charge in [-0.05, 0) is 13.0 Å². The van der Waals surface area contributed by atoms with E-state index in [0.29, 0.717) is 5.69 Å². The number of esters is 2. The van der Waals surface area contributed by atoms with Crippen molar-refractivity contribution in [3.05, 3.63) is 17.5 Å². The molecule has 0 saturated heterocycles. The molecule has 0 fully saturated rings. The molecule has 1 amide bonds. The molecule has 0 aliphatic heterocycles. The normalized spacial score (nSPS) is 10.0. The van der Waals surface area contributed by atoms with Crippen LogP contribution < -0.4 is 0 Å². The number of methoxy groups -OCH3 is 2. The number of carbonyl (C=O) groups is 3. The first-order chi connectivity index (χ1) is 9.38. The highest BCUT2D eigenvalue weighted by molar-refractivity contribution is 5.96. The van der Waals surface area contributed by atoms with Crippen LogP contribution in [0.4, 0.5) is 0 Å². The molecule has 0 atom stereocenters. The maximum atomic E-state index is 12.3. The van der Waals surface area contributed by atoms with Gasteiger partial charge in [-0.15, -0.1) is 0 Å².